The van der Waals surface area contributed by atoms with Gasteiger partial charge < -0.3 is 16.2 Å². The Balaban J connectivity index is 2.21. The lowest BCUT2D eigenvalue weighted by Crippen LogP contribution is -2.37. The van der Waals surface area contributed by atoms with Crippen molar-refractivity contribution < 1.29 is 19.6 Å². The maximum absolute atomic E-state index is 12.4. The molecule has 8 heteroatoms. The molecule has 0 amide bonds. The average molecular weight is 329 g/mol. The van der Waals surface area contributed by atoms with E-state index in [4.69, 9.17) is 5.73 Å². The first-order valence-corrected chi connectivity index (χ1v) is 7.40. The van der Waals surface area contributed by atoms with Crippen LogP contribution >= 0.6 is 0 Å². The number of nitrogens with one attached hydrogen (secondary N) is 1. The number of carbonyl (C=O) groups is 2. The minimum absolute atomic E-state index is 0.0348. The molecule has 124 valence electrons. The van der Waals surface area contributed by atoms with Crippen LogP contribution in [0.1, 0.15) is 30.7 Å². The normalized spacial score (nSPS) is 20.5. The molecule has 0 saturated heterocycles. The van der Waals surface area contributed by atoms with Crippen molar-refractivity contribution in [2.75, 3.05) is 0 Å². The van der Waals surface area contributed by atoms with E-state index in [0.717, 1.165) is 0 Å². The quantitative estimate of drug-likeness (QED) is 0.565. The standard InChI is InChI=1S/C16H15N3O5/c17-15-14(16(21)22)12(8-3-1-4-9(7-8)19(23)24)13-10(18-15)5-2-6-11(13)20/h1,3-4,7,12,18H,2,5-6,17H2,(H,21,22). The third-order valence-corrected chi connectivity index (χ3v) is 4.25. The predicted molar refractivity (Wildman–Crippen MR) is 83.7 cm³/mol. The Morgan fingerprint density at radius 2 is 2.12 bits per heavy atom. The van der Waals surface area contributed by atoms with Gasteiger partial charge in [-0.05, 0) is 18.4 Å². The summed E-state index contributed by atoms with van der Waals surface area (Å²) in [6.07, 6.45) is 1.56. The number of dihydropyridines is 1. The fourth-order valence-corrected chi connectivity index (χ4v) is 3.25. The molecule has 1 aromatic rings. The highest BCUT2D eigenvalue weighted by Crippen LogP contribution is 2.41. The van der Waals surface area contributed by atoms with Gasteiger partial charge in [-0.15, -0.1) is 0 Å². The van der Waals surface area contributed by atoms with Crippen molar-refractivity contribution in [2.24, 2.45) is 5.73 Å². The van der Waals surface area contributed by atoms with Crippen molar-refractivity contribution in [2.45, 2.75) is 25.2 Å². The van der Waals surface area contributed by atoms with Crippen LogP contribution in [0.15, 0.2) is 46.9 Å². The number of nitro benzene ring substituents is 1. The summed E-state index contributed by atoms with van der Waals surface area (Å²) in [5.41, 5.74) is 6.85. The van der Waals surface area contributed by atoms with Gasteiger partial charge in [-0.3, -0.25) is 14.9 Å². The van der Waals surface area contributed by atoms with Crippen LogP contribution in [0.4, 0.5) is 5.69 Å². The lowest BCUT2D eigenvalue weighted by Gasteiger charge is -2.33. The molecule has 4 N–H and O–H groups in total. The summed E-state index contributed by atoms with van der Waals surface area (Å²) in [7, 11) is 0. The number of hydrogen-bond acceptors (Lipinski definition) is 6. The number of carbonyl (C=O) groups excluding carboxylic acids is 1. The SMILES string of the molecule is NC1=C(C(=O)O)C(c2cccc([N+](=O)[O-])c2)C2=C(CCCC2=O)N1. The molecule has 1 atom stereocenters. The number of Topliss-reactive ketones (excluding diaryl/α,β-unsaturated/α-hetero) is 1. The van der Waals surface area contributed by atoms with Crippen molar-refractivity contribution in [3.63, 3.8) is 0 Å². The lowest BCUT2D eigenvalue weighted by molar-refractivity contribution is -0.384. The molecule has 0 fully saturated rings. The van der Waals surface area contributed by atoms with E-state index in [2.05, 4.69) is 5.32 Å². The van der Waals surface area contributed by atoms with Crippen molar-refractivity contribution in [3.05, 3.63) is 62.6 Å². The van der Waals surface area contributed by atoms with E-state index in [1.165, 1.54) is 18.2 Å². The third kappa shape index (κ3) is 2.51. The summed E-state index contributed by atoms with van der Waals surface area (Å²) in [6.45, 7) is 0. The summed E-state index contributed by atoms with van der Waals surface area (Å²) in [5, 5.41) is 23.4. The molecule has 24 heavy (non-hydrogen) atoms. The molecular formula is C16H15N3O5. The molecule has 0 aromatic heterocycles. The highest BCUT2D eigenvalue weighted by molar-refractivity contribution is 6.03. The molecule has 1 aromatic carbocycles. The first-order chi connectivity index (χ1) is 11.4. The van der Waals surface area contributed by atoms with Crippen LogP contribution in [0.3, 0.4) is 0 Å². The molecule has 0 bridgehead atoms. The number of carboxylic acids is 1. The molecule has 1 unspecified atom stereocenters. The Hall–Kier alpha value is -3.16. The molecule has 1 heterocycles. The average Bonchev–Trinajstić information content (AvgIpc) is 2.53. The Morgan fingerprint density at radius 3 is 2.79 bits per heavy atom. The Labute approximate surface area is 136 Å². The van der Waals surface area contributed by atoms with Gasteiger partial charge in [0.25, 0.3) is 5.69 Å². The summed E-state index contributed by atoms with van der Waals surface area (Å²) < 4.78 is 0. The van der Waals surface area contributed by atoms with Gasteiger partial charge in [0.05, 0.1) is 16.4 Å². The minimum Gasteiger partial charge on any atom is -0.478 e. The Kier molecular flexibility index (Phi) is 3.80. The zero-order valence-electron chi connectivity index (χ0n) is 12.6. The number of benzene rings is 1. The summed E-state index contributed by atoms with van der Waals surface area (Å²) >= 11 is 0. The maximum atomic E-state index is 12.4. The number of carboxylic acid groups (broad SMARTS) is 1. The van der Waals surface area contributed by atoms with E-state index in [1.54, 1.807) is 6.07 Å². The van der Waals surface area contributed by atoms with Gasteiger partial charge in [-0.25, -0.2) is 4.79 Å². The first kappa shape index (κ1) is 15.7. The highest BCUT2D eigenvalue weighted by Gasteiger charge is 2.39. The largest absolute Gasteiger partial charge is 0.478 e. The van der Waals surface area contributed by atoms with Gasteiger partial charge in [-0.1, -0.05) is 12.1 Å². The van der Waals surface area contributed by atoms with E-state index >= 15 is 0 Å². The van der Waals surface area contributed by atoms with Crippen LogP contribution in [0.25, 0.3) is 0 Å². The summed E-state index contributed by atoms with van der Waals surface area (Å²) in [6, 6.07) is 5.65. The third-order valence-electron chi connectivity index (χ3n) is 4.25. The second-order valence-corrected chi connectivity index (χ2v) is 5.71. The monoisotopic (exact) mass is 329 g/mol. The van der Waals surface area contributed by atoms with Gasteiger partial charge in [0, 0.05) is 29.8 Å². The first-order valence-electron chi connectivity index (χ1n) is 7.40. The van der Waals surface area contributed by atoms with Crippen LogP contribution in [-0.2, 0) is 9.59 Å². The number of non-ortho nitro benzene ring substituents is 1. The predicted octanol–water partition coefficient (Wildman–Crippen LogP) is 1.54. The number of nitrogens with two attached hydrogens (primary N) is 1. The van der Waals surface area contributed by atoms with Crippen LogP contribution in [0.2, 0.25) is 0 Å². The number of nitrogens with zero attached hydrogens (tertiary/aromatic N) is 1. The van der Waals surface area contributed by atoms with Crippen molar-refractivity contribution >= 4 is 17.4 Å². The van der Waals surface area contributed by atoms with E-state index in [1.807, 2.05) is 0 Å². The number of aliphatic carboxylic acids is 1. The molecule has 8 nitrogen and oxygen atoms in total. The maximum Gasteiger partial charge on any atom is 0.336 e. The lowest BCUT2D eigenvalue weighted by atomic mass is 9.76. The van der Waals surface area contributed by atoms with Gasteiger partial charge in [0.15, 0.2) is 5.78 Å². The van der Waals surface area contributed by atoms with Crippen molar-refractivity contribution in [1.29, 1.82) is 0 Å². The smallest absolute Gasteiger partial charge is 0.336 e. The van der Waals surface area contributed by atoms with Crippen molar-refractivity contribution in [3.8, 4) is 0 Å². The molecule has 0 radical (unpaired) electrons. The van der Waals surface area contributed by atoms with Crippen LogP contribution in [0, 0.1) is 10.1 Å². The van der Waals surface area contributed by atoms with Crippen LogP contribution in [0.5, 0.6) is 0 Å². The van der Waals surface area contributed by atoms with Crippen molar-refractivity contribution in [1.82, 2.24) is 5.32 Å². The fourth-order valence-electron chi connectivity index (χ4n) is 3.25. The fraction of sp³-hybridized carbons (Fsp3) is 0.250. The van der Waals surface area contributed by atoms with Gasteiger partial charge in [0.1, 0.15) is 5.82 Å². The Bertz CT molecular complexity index is 825. The molecule has 1 aliphatic carbocycles. The van der Waals surface area contributed by atoms with Crippen LogP contribution < -0.4 is 11.1 Å². The zero-order valence-corrected chi connectivity index (χ0v) is 12.6. The van der Waals surface area contributed by atoms with Gasteiger partial charge >= 0.3 is 5.97 Å². The number of ketones is 1. The second kappa shape index (κ2) is 5.80. The highest BCUT2D eigenvalue weighted by atomic mass is 16.6. The summed E-state index contributed by atoms with van der Waals surface area (Å²) in [5.74, 6) is -2.37. The second-order valence-electron chi connectivity index (χ2n) is 5.71. The number of hydrogen-bond donors (Lipinski definition) is 3. The van der Waals surface area contributed by atoms with Gasteiger partial charge in [-0.2, -0.15) is 0 Å². The molecule has 1 aliphatic heterocycles. The molecule has 2 aliphatic rings. The van der Waals surface area contributed by atoms with E-state index in [-0.39, 0.29) is 22.9 Å². The molecular weight excluding hydrogens is 314 g/mol. The number of rotatable bonds is 3. The summed E-state index contributed by atoms with van der Waals surface area (Å²) in [4.78, 5) is 34.6. The molecule has 0 saturated carbocycles. The van der Waals surface area contributed by atoms with E-state index in [0.29, 0.717) is 36.1 Å². The Morgan fingerprint density at radius 1 is 1.38 bits per heavy atom. The van der Waals surface area contributed by atoms with E-state index in [9.17, 15) is 24.8 Å². The van der Waals surface area contributed by atoms with E-state index < -0.39 is 16.8 Å². The molecule has 3 rings (SSSR count). The zero-order chi connectivity index (χ0) is 17.4. The van der Waals surface area contributed by atoms with Crippen LogP contribution in [-0.4, -0.2) is 21.8 Å². The minimum atomic E-state index is -1.26. The van der Waals surface area contributed by atoms with Gasteiger partial charge in [0.2, 0.25) is 0 Å². The number of nitro groups is 1. The topological polar surface area (TPSA) is 136 Å². The molecule has 0 spiro atoms. The number of allylic oxidation sites excluding steroid dienone is 2.